The lowest BCUT2D eigenvalue weighted by atomic mass is 9.95. The molecule has 0 aliphatic rings. The number of halogens is 2. The maximum Gasteiger partial charge on any atom is 0.128 e. The number of nitrogens with one attached hydrogen (secondary N) is 1. The molecule has 0 heterocycles. The minimum Gasteiger partial charge on any atom is -0.379 e. The molecule has 0 spiro atoms. The molecule has 5 heteroatoms. The van der Waals surface area contributed by atoms with E-state index in [1.807, 2.05) is 13.8 Å². The standard InChI is InChI=1S/C13H20ClFN2O/c1-13(2,18-3)7-6-12(17-16)10-8-9(14)4-5-11(10)15/h4-5,8,12,17H,6-7,16H2,1-3H3. The summed E-state index contributed by atoms with van der Waals surface area (Å²) in [5.74, 6) is 5.19. The molecule has 0 aliphatic heterocycles. The second-order valence-corrected chi connectivity index (χ2v) is 5.32. The van der Waals surface area contributed by atoms with Crippen LogP contribution < -0.4 is 11.3 Å². The van der Waals surface area contributed by atoms with Crippen LogP contribution in [0.3, 0.4) is 0 Å². The van der Waals surface area contributed by atoms with Gasteiger partial charge >= 0.3 is 0 Å². The number of nitrogens with two attached hydrogens (primary N) is 1. The number of benzene rings is 1. The molecule has 1 unspecified atom stereocenters. The van der Waals surface area contributed by atoms with Crippen LogP contribution in [0.1, 0.15) is 38.3 Å². The van der Waals surface area contributed by atoms with Gasteiger partial charge in [0.05, 0.1) is 5.60 Å². The highest BCUT2D eigenvalue weighted by atomic mass is 35.5. The van der Waals surface area contributed by atoms with Gasteiger partial charge in [0.1, 0.15) is 5.82 Å². The van der Waals surface area contributed by atoms with Gasteiger partial charge in [-0.15, -0.1) is 0 Å². The van der Waals surface area contributed by atoms with Gasteiger partial charge in [-0.05, 0) is 44.9 Å². The minimum absolute atomic E-state index is 0.260. The van der Waals surface area contributed by atoms with E-state index in [0.717, 1.165) is 6.42 Å². The third-order valence-corrected chi connectivity index (χ3v) is 3.36. The molecule has 1 aromatic carbocycles. The van der Waals surface area contributed by atoms with Gasteiger partial charge in [0.15, 0.2) is 0 Å². The Kier molecular flexibility index (Phi) is 5.53. The predicted molar refractivity (Wildman–Crippen MR) is 71.8 cm³/mol. The van der Waals surface area contributed by atoms with Crippen molar-refractivity contribution in [2.24, 2.45) is 5.84 Å². The number of hydrogen-bond acceptors (Lipinski definition) is 3. The van der Waals surface area contributed by atoms with Crippen LogP contribution in [0.2, 0.25) is 5.02 Å². The van der Waals surface area contributed by atoms with Crippen molar-refractivity contribution in [2.75, 3.05) is 7.11 Å². The lowest BCUT2D eigenvalue weighted by Crippen LogP contribution is -2.31. The first-order chi connectivity index (χ1) is 8.39. The fourth-order valence-electron chi connectivity index (χ4n) is 1.70. The van der Waals surface area contributed by atoms with Crippen molar-refractivity contribution < 1.29 is 9.13 Å². The Morgan fingerprint density at radius 2 is 2.17 bits per heavy atom. The van der Waals surface area contributed by atoms with Crippen molar-refractivity contribution in [3.63, 3.8) is 0 Å². The Hall–Kier alpha value is -0.680. The lowest BCUT2D eigenvalue weighted by molar-refractivity contribution is 0.0116. The molecule has 0 saturated carbocycles. The quantitative estimate of drug-likeness (QED) is 0.619. The highest BCUT2D eigenvalue weighted by Crippen LogP contribution is 2.27. The molecule has 0 saturated heterocycles. The van der Waals surface area contributed by atoms with Crippen LogP contribution in [0.25, 0.3) is 0 Å². The molecule has 3 nitrogen and oxygen atoms in total. The third kappa shape index (κ3) is 4.21. The summed E-state index contributed by atoms with van der Waals surface area (Å²) in [6.45, 7) is 3.96. The Bertz CT molecular complexity index is 399. The van der Waals surface area contributed by atoms with Crippen LogP contribution in [0, 0.1) is 5.82 Å². The van der Waals surface area contributed by atoms with E-state index in [2.05, 4.69) is 5.43 Å². The van der Waals surface area contributed by atoms with Crippen molar-refractivity contribution in [1.29, 1.82) is 0 Å². The molecule has 1 atom stereocenters. The van der Waals surface area contributed by atoms with E-state index >= 15 is 0 Å². The van der Waals surface area contributed by atoms with E-state index in [1.54, 1.807) is 13.2 Å². The Morgan fingerprint density at radius 3 is 2.72 bits per heavy atom. The molecule has 3 N–H and O–H groups in total. The summed E-state index contributed by atoms with van der Waals surface area (Å²) in [5.41, 5.74) is 2.85. The molecule has 1 aromatic rings. The fraction of sp³-hybridized carbons (Fsp3) is 0.538. The average Bonchev–Trinajstić information content (AvgIpc) is 2.34. The molecular formula is C13H20ClFN2O. The number of hydrogen-bond donors (Lipinski definition) is 2. The maximum atomic E-state index is 13.7. The van der Waals surface area contributed by atoms with Crippen molar-refractivity contribution in [3.05, 3.63) is 34.6 Å². The first kappa shape index (κ1) is 15.4. The largest absolute Gasteiger partial charge is 0.379 e. The molecule has 0 aliphatic carbocycles. The summed E-state index contributed by atoms with van der Waals surface area (Å²) in [6.07, 6.45) is 1.42. The number of ether oxygens (including phenoxy) is 1. The molecule has 0 radical (unpaired) electrons. The van der Waals surface area contributed by atoms with Crippen molar-refractivity contribution in [3.8, 4) is 0 Å². The maximum absolute atomic E-state index is 13.7. The van der Waals surface area contributed by atoms with E-state index in [9.17, 15) is 4.39 Å². The van der Waals surface area contributed by atoms with Crippen molar-refractivity contribution in [2.45, 2.75) is 38.3 Å². The van der Waals surface area contributed by atoms with E-state index < -0.39 is 0 Å². The highest BCUT2D eigenvalue weighted by molar-refractivity contribution is 6.30. The van der Waals surface area contributed by atoms with Crippen LogP contribution >= 0.6 is 11.6 Å². The zero-order valence-corrected chi connectivity index (χ0v) is 11.7. The van der Waals surface area contributed by atoms with Crippen molar-refractivity contribution in [1.82, 2.24) is 5.43 Å². The zero-order valence-electron chi connectivity index (χ0n) is 11.0. The van der Waals surface area contributed by atoms with Gasteiger partial charge in [0.25, 0.3) is 0 Å². The molecule has 0 amide bonds. The Balaban J connectivity index is 2.80. The highest BCUT2D eigenvalue weighted by Gasteiger charge is 2.21. The van der Waals surface area contributed by atoms with Crippen LogP contribution in [0.15, 0.2) is 18.2 Å². The topological polar surface area (TPSA) is 47.3 Å². The molecule has 0 fully saturated rings. The minimum atomic E-state index is -0.308. The normalized spacial score (nSPS) is 13.7. The molecular weight excluding hydrogens is 255 g/mol. The van der Waals surface area contributed by atoms with E-state index in [0.29, 0.717) is 17.0 Å². The van der Waals surface area contributed by atoms with Crippen LogP contribution in [-0.4, -0.2) is 12.7 Å². The van der Waals surface area contributed by atoms with Gasteiger partial charge < -0.3 is 4.74 Å². The molecule has 0 bridgehead atoms. The fourth-order valence-corrected chi connectivity index (χ4v) is 1.88. The molecule has 18 heavy (non-hydrogen) atoms. The smallest absolute Gasteiger partial charge is 0.128 e. The number of rotatable bonds is 6. The van der Waals surface area contributed by atoms with Crippen LogP contribution in [0.5, 0.6) is 0 Å². The summed E-state index contributed by atoms with van der Waals surface area (Å²) in [5, 5.41) is 0.498. The first-order valence-electron chi connectivity index (χ1n) is 5.86. The van der Waals surface area contributed by atoms with E-state index in [-0.39, 0.29) is 17.5 Å². The number of methoxy groups -OCH3 is 1. The van der Waals surface area contributed by atoms with Gasteiger partial charge in [-0.2, -0.15) is 0 Å². The first-order valence-corrected chi connectivity index (χ1v) is 6.23. The number of hydrazine groups is 1. The Labute approximate surface area is 112 Å². The summed E-state index contributed by atoms with van der Waals surface area (Å²) in [4.78, 5) is 0. The zero-order chi connectivity index (χ0) is 13.8. The van der Waals surface area contributed by atoms with Gasteiger partial charge in [-0.1, -0.05) is 11.6 Å². The van der Waals surface area contributed by atoms with Gasteiger partial charge in [0, 0.05) is 23.7 Å². The summed E-state index contributed by atoms with van der Waals surface area (Å²) in [7, 11) is 1.66. The summed E-state index contributed by atoms with van der Waals surface area (Å²) in [6, 6.07) is 4.19. The van der Waals surface area contributed by atoms with E-state index in [4.69, 9.17) is 22.2 Å². The SMILES string of the molecule is COC(C)(C)CCC(NN)c1cc(Cl)ccc1F. The molecule has 0 aromatic heterocycles. The third-order valence-electron chi connectivity index (χ3n) is 3.12. The van der Waals surface area contributed by atoms with Crippen LogP contribution in [0.4, 0.5) is 4.39 Å². The van der Waals surface area contributed by atoms with Gasteiger partial charge in [-0.25, -0.2) is 4.39 Å². The lowest BCUT2D eigenvalue weighted by Gasteiger charge is -2.26. The summed E-state index contributed by atoms with van der Waals surface area (Å²) < 4.78 is 19.1. The molecule has 102 valence electrons. The Morgan fingerprint density at radius 1 is 1.50 bits per heavy atom. The second kappa shape index (κ2) is 6.48. The van der Waals surface area contributed by atoms with Gasteiger partial charge in [-0.3, -0.25) is 11.3 Å². The van der Waals surface area contributed by atoms with E-state index in [1.165, 1.54) is 12.1 Å². The predicted octanol–water partition coefficient (Wildman–Crippen LogP) is 3.19. The van der Waals surface area contributed by atoms with Crippen LogP contribution in [-0.2, 0) is 4.74 Å². The second-order valence-electron chi connectivity index (χ2n) is 4.89. The average molecular weight is 275 g/mol. The monoisotopic (exact) mass is 274 g/mol. The molecule has 1 rings (SSSR count). The van der Waals surface area contributed by atoms with Crippen molar-refractivity contribution >= 4 is 11.6 Å². The van der Waals surface area contributed by atoms with Gasteiger partial charge in [0.2, 0.25) is 0 Å². The summed E-state index contributed by atoms with van der Waals surface area (Å²) >= 11 is 5.88.